The molecule has 1 atom stereocenters. The highest BCUT2D eigenvalue weighted by molar-refractivity contribution is 6.14. The van der Waals surface area contributed by atoms with Gasteiger partial charge in [0.25, 0.3) is 0 Å². The summed E-state index contributed by atoms with van der Waals surface area (Å²) in [6, 6.07) is 10.6. The SMILES string of the molecule is CC(C)C(=O)c1c(O)c2c(c3c(-c4ccccc4)cc(=O)oc13)OC(C(C)(C)O)C2. The van der Waals surface area contributed by atoms with E-state index < -0.39 is 23.2 Å². The van der Waals surface area contributed by atoms with Gasteiger partial charge in [-0.2, -0.15) is 0 Å². The van der Waals surface area contributed by atoms with Crippen molar-refractivity contribution in [1.29, 1.82) is 0 Å². The third kappa shape index (κ3) is 3.17. The third-order valence-electron chi connectivity index (χ3n) is 5.51. The number of aliphatic hydroxyl groups is 1. The molecule has 0 bridgehead atoms. The van der Waals surface area contributed by atoms with Crippen LogP contribution < -0.4 is 10.4 Å². The second kappa shape index (κ2) is 6.99. The van der Waals surface area contributed by atoms with Crippen molar-refractivity contribution in [2.24, 2.45) is 5.92 Å². The molecule has 6 heteroatoms. The molecule has 2 heterocycles. The smallest absolute Gasteiger partial charge is 0.336 e. The molecular weight excluding hydrogens is 384 g/mol. The van der Waals surface area contributed by atoms with Gasteiger partial charge < -0.3 is 19.4 Å². The van der Waals surface area contributed by atoms with Gasteiger partial charge in [0.05, 0.1) is 11.0 Å². The molecule has 6 nitrogen and oxygen atoms in total. The van der Waals surface area contributed by atoms with E-state index in [1.54, 1.807) is 27.7 Å². The van der Waals surface area contributed by atoms with E-state index >= 15 is 0 Å². The maximum Gasteiger partial charge on any atom is 0.336 e. The van der Waals surface area contributed by atoms with Crippen LogP contribution in [0.2, 0.25) is 0 Å². The number of hydrogen-bond donors (Lipinski definition) is 2. The third-order valence-corrected chi connectivity index (χ3v) is 5.51. The number of carbonyl (C=O) groups is 1. The molecule has 1 aliphatic rings. The minimum atomic E-state index is -1.18. The molecular formula is C24H24O6. The van der Waals surface area contributed by atoms with Crippen molar-refractivity contribution in [1.82, 2.24) is 0 Å². The molecule has 0 amide bonds. The van der Waals surface area contributed by atoms with Gasteiger partial charge in [-0.15, -0.1) is 0 Å². The van der Waals surface area contributed by atoms with Crippen molar-refractivity contribution in [3.8, 4) is 22.6 Å². The quantitative estimate of drug-likeness (QED) is 0.499. The molecule has 0 fully saturated rings. The fourth-order valence-electron chi connectivity index (χ4n) is 3.86. The zero-order chi connectivity index (χ0) is 21.8. The highest BCUT2D eigenvalue weighted by Gasteiger charge is 2.40. The molecule has 0 radical (unpaired) electrons. The summed E-state index contributed by atoms with van der Waals surface area (Å²) < 4.78 is 11.6. The summed E-state index contributed by atoms with van der Waals surface area (Å²) in [7, 11) is 0. The number of Topliss-reactive ketones (excluding diaryl/α,β-unsaturated/α-hetero) is 1. The van der Waals surface area contributed by atoms with Crippen LogP contribution in [0, 0.1) is 5.92 Å². The molecule has 3 aromatic rings. The van der Waals surface area contributed by atoms with E-state index in [4.69, 9.17) is 9.15 Å². The molecule has 0 saturated carbocycles. The van der Waals surface area contributed by atoms with Crippen LogP contribution >= 0.6 is 0 Å². The lowest BCUT2D eigenvalue weighted by atomic mass is 9.90. The number of ketones is 1. The van der Waals surface area contributed by atoms with Crippen molar-refractivity contribution in [3.63, 3.8) is 0 Å². The van der Waals surface area contributed by atoms with Gasteiger partial charge in [-0.3, -0.25) is 4.79 Å². The average molecular weight is 408 g/mol. The number of fused-ring (bicyclic) bond motifs is 3. The monoisotopic (exact) mass is 408 g/mol. The van der Waals surface area contributed by atoms with Gasteiger partial charge >= 0.3 is 5.63 Å². The molecule has 1 aromatic heterocycles. The Morgan fingerprint density at radius 1 is 1.20 bits per heavy atom. The van der Waals surface area contributed by atoms with Crippen molar-refractivity contribution in [3.05, 3.63) is 57.9 Å². The normalized spacial score (nSPS) is 16.0. The highest BCUT2D eigenvalue weighted by atomic mass is 16.5. The average Bonchev–Trinajstić information content (AvgIpc) is 3.14. The van der Waals surface area contributed by atoms with E-state index in [1.807, 2.05) is 30.3 Å². The zero-order valence-electron chi connectivity index (χ0n) is 17.4. The van der Waals surface area contributed by atoms with Crippen LogP contribution in [0.1, 0.15) is 43.6 Å². The Labute approximate surface area is 173 Å². The summed E-state index contributed by atoms with van der Waals surface area (Å²) in [5.41, 5.74) is -0.0851. The van der Waals surface area contributed by atoms with E-state index in [1.165, 1.54) is 6.07 Å². The van der Waals surface area contributed by atoms with E-state index in [9.17, 15) is 19.8 Å². The summed E-state index contributed by atoms with van der Waals surface area (Å²) in [6.45, 7) is 6.69. The van der Waals surface area contributed by atoms with Crippen LogP contribution in [-0.4, -0.2) is 27.7 Å². The molecule has 1 aliphatic heterocycles. The maximum absolute atomic E-state index is 13.0. The van der Waals surface area contributed by atoms with Crippen LogP contribution in [0.3, 0.4) is 0 Å². The van der Waals surface area contributed by atoms with Gasteiger partial charge in [0, 0.05) is 29.5 Å². The molecule has 0 spiro atoms. The number of phenols is 1. The second-order valence-electron chi connectivity index (χ2n) is 8.56. The Kier molecular flexibility index (Phi) is 4.70. The summed E-state index contributed by atoms with van der Waals surface area (Å²) in [6.07, 6.45) is -0.395. The summed E-state index contributed by atoms with van der Waals surface area (Å²) in [5, 5.41) is 22.0. The summed E-state index contributed by atoms with van der Waals surface area (Å²) in [5.74, 6) is -0.676. The molecule has 30 heavy (non-hydrogen) atoms. The van der Waals surface area contributed by atoms with Crippen LogP contribution in [0.5, 0.6) is 11.5 Å². The number of rotatable bonds is 4. The van der Waals surface area contributed by atoms with Gasteiger partial charge in [0.1, 0.15) is 23.2 Å². The fraction of sp³-hybridized carbons (Fsp3) is 0.333. The van der Waals surface area contributed by atoms with Gasteiger partial charge in [-0.1, -0.05) is 44.2 Å². The largest absolute Gasteiger partial charge is 0.507 e. The van der Waals surface area contributed by atoms with Crippen LogP contribution in [0.25, 0.3) is 22.1 Å². The summed E-state index contributed by atoms with van der Waals surface area (Å²) >= 11 is 0. The van der Waals surface area contributed by atoms with E-state index in [-0.39, 0.29) is 29.1 Å². The van der Waals surface area contributed by atoms with E-state index in [2.05, 4.69) is 0 Å². The number of benzene rings is 2. The maximum atomic E-state index is 13.0. The lowest BCUT2D eigenvalue weighted by Gasteiger charge is -2.24. The minimum absolute atomic E-state index is 0.00713. The molecule has 1 unspecified atom stereocenters. The lowest BCUT2D eigenvalue weighted by Crippen LogP contribution is -2.39. The number of hydrogen-bond acceptors (Lipinski definition) is 6. The van der Waals surface area contributed by atoms with Crippen LogP contribution in [0.15, 0.2) is 45.6 Å². The first kappa shape index (κ1) is 20.2. The predicted octanol–water partition coefficient (Wildman–Crippen LogP) is 4.08. The fourth-order valence-corrected chi connectivity index (χ4v) is 3.86. The topological polar surface area (TPSA) is 97.0 Å². The van der Waals surface area contributed by atoms with E-state index in [0.29, 0.717) is 22.3 Å². The number of phenolic OH excluding ortho intramolecular Hbond substituents is 1. The Balaban J connectivity index is 2.15. The minimum Gasteiger partial charge on any atom is -0.507 e. The first-order valence-corrected chi connectivity index (χ1v) is 9.94. The number of aromatic hydroxyl groups is 1. The Bertz CT molecular complexity index is 1200. The van der Waals surface area contributed by atoms with Crippen LogP contribution in [0.4, 0.5) is 0 Å². The number of ether oxygens (including phenoxy) is 1. The Morgan fingerprint density at radius 2 is 1.87 bits per heavy atom. The Morgan fingerprint density at radius 3 is 2.47 bits per heavy atom. The van der Waals surface area contributed by atoms with Crippen molar-refractivity contribution >= 4 is 16.8 Å². The number of carbonyl (C=O) groups excluding carboxylic acids is 1. The first-order chi connectivity index (χ1) is 14.1. The first-order valence-electron chi connectivity index (χ1n) is 9.94. The molecule has 2 aromatic carbocycles. The molecule has 156 valence electrons. The molecule has 2 N–H and O–H groups in total. The zero-order valence-corrected chi connectivity index (χ0v) is 17.4. The van der Waals surface area contributed by atoms with E-state index in [0.717, 1.165) is 5.56 Å². The van der Waals surface area contributed by atoms with Gasteiger partial charge in [0.15, 0.2) is 11.4 Å². The molecule has 0 saturated heterocycles. The van der Waals surface area contributed by atoms with Crippen LogP contribution in [-0.2, 0) is 6.42 Å². The van der Waals surface area contributed by atoms with Gasteiger partial charge in [0.2, 0.25) is 0 Å². The molecule has 0 aliphatic carbocycles. The standard InChI is InChI=1S/C24H24O6/c1-12(2)20(26)19-21(27)15-10-16(24(3,4)28)29-22(15)18-14(11-17(25)30-23(18)19)13-8-6-5-7-9-13/h5-9,11-12,16,27-28H,10H2,1-4H3. The van der Waals surface area contributed by atoms with Crippen molar-refractivity contribution in [2.45, 2.75) is 45.8 Å². The molecule has 4 rings (SSSR count). The van der Waals surface area contributed by atoms with Crippen molar-refractivity contribution in [2.75, 3.05) is 0 Å². The van der Waals surface area contributed by atoms with Gasteiger partial charge in [-0.05, 0) is 19.4 Å². The highest BCUT2D eigenvalue weighted by Crippen LogP contribution is 2.49. The summed E-state index contributed by atoms with van der Waals surface area (Å²) in [4.78, 5) is 25.4. The Hall–Kier alpha value is -3.12. The lowest BCUT2D eigenvalue weighted by molar-refractivity contribution is -0.0225. The second-order valence-corrected chi connectivity index (χ2v) is 8.56. The predicted molar refractivity (Wildman–Crippen MR) is 113 cm³/mol. The van der Waals surface area contributed by atoms with Gasteiger partial charge in [-0.25, -0.2) is 4.79 Å². The van der Waals surface area contributed by atoms with Crippen molar-refractivity contribution < 1.29 is 24.2 Å².